The van der Waals surface area contributed by atoms with Gasteiger partial charge < -0.3 is 10.1 Å². The summed E-state index contributed by atoms with van der Waals surface area (Å²) in [5, 5.41) is 2.76. The first-order valence-corrected chi connectivity index (χ1v) is 10.2. The minimum atomic E-state index is -0.438. The number of aryl methyl sites for hydroxylation is 1. The molecular formula is C26H24FNO2. The average molecular weight is 401 g/mol. The summed E-state index contributed by atoms with van der Waals surface area (Å²) in [6.07, 6.45) is 3.77. The third-order valence-electron chi connectivity index (χ3n) is 5.48. The van der Waals surface area contributed by atoms with Crippen LogP contribution in [-0.2, 0) is 4.74 Å². The minimum Gasteiger partial charge on any atom is -0.449 e. The maximum Gasteiger partial charge on any atom is 0.407 e. The van der Waals surface area contributed by atoms with Crippen LogP contribution in [0.15, 0.2) is 72.8 Å². The lowest BCUT2D eigenvalue weighted by Gasteiger charge is -2.14. The Labute approximate surface area is 176 Å². The second-order valence-electron chi connectivity index (χ2n) is 7.41. The first-order valence-electron chi connectivity index (χ1n) is 10.2. The minimum absolute atomic E-state index is 0.0482. The molecule has 0 bridgehead atoms. The van der Waals surface area contributed by atoms with Crippen LogP contribution in [0.25, 0.3) is 17.2 Å². The maximum atomic E-state index is 13.8. The van der Waals surface area contributed by atoms with Crippen molar-refractivity contribution in [2.75, 3.05) is 13.2 Å². The van der Waals surface area contributed by atoms with Gasteiger partial charge in [0.05, 0.1) is 0 Å². The van der Waals surface area contributed by atoms with E-state index < -0.39 is 6.09 Å². The Morgan fingerprint density at radius 1 is 1.00 bits per heavy atom. The van der Waals surface area contributed by atoms with Gasteiger partial charge in [-0.2, -0.15) is 0 Å². The van der Waals surface area contributed by atoms with Crippen LogP contribution in [0.3, 0.4) is 0 Å². The van der Waals surface area contributed by atoms with Crippen molar-refractivity contribution in [3.05, 3.63) is 101 Å². The highest BCUT2D eigenvalue weighted by atomic mass is 19.1. The molecule has 0 radical (unpaired) electrons. The van der Waals surface area contributed by atoms with E-state index in [1.807, 2.05) is 43.3 Å². The third kappa shape index (κ3) is 4.13. The normalized spacial score (nSPS) is 12.6. The van der Waals surface area contributed by atoms with Crippen LogP contribution in [0.4, 0.5) is 9.18 Å². The zero-order valence-corrected chi connectivity index (χ0v) is 16.9. The highest BCUT2D eigenvalue weighted by Crippen LogP contribution is 2.44. The summed E-state index contributed by atoms with van der Waals surface area (Å²) in [4.78, 5) is 12.1. The Kier molecular flexibility index (Phi) is 5.94. The molecule has 3 nitrogen and oxygen atoms in total. The number of hydrogen-bond acceptors (Lipinski definition) is 2. The molecule has 0 unspecified atom stereocenters. The van der Waals surface area contributed by atoms with Crippen molar-refractivity contribution in [3.63, 3.8) is 0 Å². The summed E-state index contributed by atoms with van der Waals surface area (Å²) < 4.78 is 19.3. The standard InChI is InChI=1S/C26H24FNO2/c1-18-9-8-15-25(27)19(18)10-6-7-16-28-26(29)30-17-24-22-13-4-2-11-20(22)21-12-3-5-14-23(21)24/h2-6,8-15,24H,7,16-17H2,1H3,(H,28,29). The molecule has 0 fully saturated rings. The van der Waals surface area contributed by atoms with Gasteiger partial charge in [-0.15, -0.1) is 0 Å². The lowest BCUT2D eigenvalue weighted by Crippen LogP contribution is -2.26. The quantitative estimate of drug-likeness (QED) is 0.509. The van der Waals surface area contributed by atoms with Crippen molar-refractivity contribution in [1.82, 2.24) is 5.32 Å². The van der Waals surface area contributed by atoms with Gasteiger partial charge in [0.15, 0.2) is 0 Å². The smallest absolute Gasteiger partial charge is 0.407 e. The van der Waals surface area contributed by atoms with Crippen LogP contribution in [0.1, 0.15) is 34.6 Å². The van der Waals surface area contributed by atoms with Gasteiger partial charge in [-0.3, -0.25) is 0 Å². The van der Waals surface area contributed by atoms with Crippen molar-refractivity contribution < 1.29 is 13.9 Å². The fraction of sp³-hybridized carbons (Fsp3) is 0.192. The Bertz CT molecular complexity index is 1020. The van der Waals surface area contributed by atoms with E-state index in [9.17, 15) is 9.18 Å². The molecule has 3 aromatic rings. The molecule has 4 heteroatoms. The lowest BCUT2D eigenvalue weighted by atomic mass is 9.98. The molecule has 0 saturated carbocycles. The fourth-order valence-electron chi connectivity index (χ4n) is 3.96. The van der Waals surface area contributed by atoms with Gasteiger partial charge in [0.1, 0.15) is 12.4 Å². The molecule has 0 aliphatic heterocycles. The number of amides is 1. The van der Waals surface area contributed by atoms with Crippen LogP contribution in [0.5, 0.6) is 0 Å². The van der Waals surface area contributed by atoms with Gasteiger partial charge in [0.2, 0.25) is 0 Å². The molecule has 0 heterocycles. The Morgan fingerprint density at radius 2 is 1.67 bits per heavy atom. The van der Waals surface area contributed by atoms with E-state index in [1.165, 1.54) is 28.3 Å². The highest BCUT2D eigenvalue weighted by Gasteiger charge is 2.28. The van der Waals surface area contributed by atoms with E-state index in [1.54, 1.807) is 12.1 Å². The van der Waals surface area contributed by atoms with E-state index in [2.05, 4.69) is 29.6 Å². The van der Waals surface area contributed by atoms with E-state index in [0.29, 0.717) is 25.1 Å². The number of nitrogens with one attached hydrogen (secondary N) is 1. The molecule has 0 aromatic heterocycles. The summed E-state index contributed by atoms with van der Waals surface area (Å²) in [5.74, 6) is -0.192. The van der Waals surface area contributed by atoms with Crippen molar-refractivity contribution in [3.8, 4) is 11.1 Å². The summed E-state index contributed by atoms with van der Waals surface area (Å²) in [7, 11) is 0. The first kappa shape index (κ1) is 19.9. The third-order valence-corrected chi connectivity index (χ3v) is 5.48. The van der Waals surface area contributed by atoms with Crippen molar-refractivity contribution in [1.29, 1.82) is 0 Å². The lowest BCUT2D eigenvalue weighted by molar-refractivity contribution is 0.143. The van der Waals surface area contributed by atoms with E-state index >= 15 is 0 Å². The van der Waals surface area contributed by atoms with Crippen molar-refractivity contribution >= 4 is 12.2 Å². The van der Waals surface area contributed by atoms with E-state index in [-0.39, 0.29) is 11.7 Å². The number of rotatable bonds is 6. The van der Waals surface area contributed by atoms with E-state index in [0.717, 1.165) is 5.56 Å². The van der Waals surface area contributed by atoms with Gasteiger partial charge in [-0.1, -0.05) is 72.8 Å². The summed E-state index contributed by atoms with van der Waals surface area (Å²) in [5.41, 5.74) is 6.25. The molecule has 0 saturated heterocycles. The van der Waals surface area contributed by atoms with Crippen LogP contribution >= 0.6 is 0 Å². The second kappa shape index (κ2) is 8.95. The predicted molar refractivity (Wildman–Crippen MR) is 118 cm³/mol. The SMILES string of the molecule is Cc1cccc(F)c1C=CCCNC(=O)OCC1c2ccccc2-c2ccccc21. The molecule has 0 atom stereocenters. The number of hydrogen-bond donors (Lipinski definition) is 1. The molecule has 0 spiro atoms. The van der Waals surface area contributed by atoms with Gasteiger partial charge in [-0.25, -0.2) is 9.18 Å². The molecule has 1 aliphatic rings. The van der Waals surface area contributed by atoms with Gasteiger partial charge in [0, 0.05) is 18.0 Å². The molecule has 1 aliphatic carbocycles. The van der Waals surface area contributed by atoms with Crippen LogP contribution in [-0.4, -0.2) is 19.2 Å². The van der Waals surface area contributed by atoms with Crippen molar-refractivity contribution in [2.45, 2.75) is 19.3 Å². The number of ether oxygens (including phenoxy) is 1. The molecule has 1 N–H and O–H groups in total. The van der Waals surface area contributed by atoms with Crippen LogP contribution < -0.4 is 5.32 Å². The zero-order valence-electron chi connectivity index (χ0n) is 16.9. The predicted octanol–water partition coefficient (Wildman–Crippen LogP) is 6.08. The number of carbonyl (C=O) groups excluding carboxylic acids is 1. The van der Waals surface area contributed by atoms with Crippen LogP contribution in [0.2, 0.25) is 0 Å². The summed E-state index contributed by atoms with van der Waals surface area (Å²) >= 11 is 0. The van der Waals surface area contributed by atoms with Crippen molar-refractivity contribution in [2.24, 2.45) is 0 Å². The summed E-state index contributed by atoms with van der Waals surface area (Å²) in [6.45, 7) is 2.60. The molecule has 1 amide bonds. The number of halogens is 1. The Morgan fingerprint density at radius 3 is 2.33 bits per heavy atom. The molecule has 152 valence electrons. The van der Waals surface area contributed by atoms with Crippen LogP contribution in [0, 0.1) is 12.7 Å². The summed E-state index contributed by atoms with van der Waals surface area (Å²) in [6, 6.07) is 21.5. The van der Waals surface area contributed by atoms with E-state index in [4.69, 9.17) is 4.74 Å². The Hall–Kier alpha value is -3.40. The van der Waals surface area contributed by atoms with Gasteiger partial charge in [0.25, 0.3) is 0 Å². The van der Waals surface area contributed by atoms with Gasteiger partial charge in [-0.05, 0) is 47.2 Å². The topological polar surface area (TPSA) is 38.3 Å². The largest absolute Gasteiger partial charge is 0.449 e. The fourth-order valence-corrected chi connectivity index (χ4v) is 3.96. The number of fused-ring (bicyclic) bond motifs is 3. The Balaban J connectivity index is 1.29. The number of carbonyl (C=O) groups is 1. The molecule has 30 heavy (non-hydrogen) atoms. The highest BCUT2D eigenvalue weighted by molar-refractivity contribution is 5.79. The number of benzene rings is 3. The zero-order chi connectivity index (χ0) is 20.9. The first-order chi connectivity index (χ1) is 14.6. The molecule has 3 aromatic carbocycles. The maximum absolute atomic E-state index is 13.8. The number of alkyl carbamates (subject to hydrolysis) is 1. The second-order valence-corrected chi connectivity index (χ2v) is 7.41. The molecule has 4 rings (SSSR count). The monoisotopic (exact) mass is 401 g/mol. The average Bonchev–Trinajstić information content (AvgIpc) is 3.08. The van der Waals surface area contributed by atoms with Gasteiger partial charge >= 0.3 is 6.09 Å². The molecular weight excluding hydrogens is 377 g/mol.